The Kier molecular flexibility index (Phi) is 7.56. The number of ether oxygens (including phenoxy) is 2. The Labute approximate surface area is 101 Å². The first-order valence-electron chi connectivity index (χ1n) is 5.37. The Morgan fingerprint density at radius 2 is 1.94 bits per heavy atom. The van der Waals surface area contributed by atoms with Crippen LogP contribution in [-0.4, -0.2) is 43.5 Å². The van der Waals surface area contributed by atoms with Crippen LogP contribution in [0.25, 0.3) is 0 Å². The van der Waals surface area contributed by atoms with Crippen molar-refractivity contribution in [3.63, 3.8) is 0 Å². The van der Waals surface area contributed by atoms with Crippen LogP contribution >= 0.6 is 0 Å². The summed E-state index contributed by atoms with van der Waals surface area (Å²) >= 11 is 0. The van der Waals surface area contributed by atoms with Gasteiger partial charge < -0.3 is 13.6 Å². The van der Waals surface area contributed by atoms with Crippen LogP contribution in [0.1, 0.15) is 6.92 Å². The van der Waals surface area contributed by atoms with E-state index in [2.05, 4.69) is 26.2 Å². The summed E-state index contributed by atoms with van der Waals surface area (Å²) in [4.78, 5) is 11.0. The summed E-state index contributed by atoms with van der Waals surface area (Å²) in [5, 5.41) is 0. The number of carbonyl (C=O) groups is 1. The van der Waals surface area contributed by atoms with Gasteiger partial charge in [-0.15, -0.1) is 0 Å². The van der Waals surface area contributed by atoms with E-state index in [-0.39, 0.29) is 12.6 Å². The standard InChI is InChI=1S/C10H22O4Si2/c1-9(2)10(11)13-7-6-12-8-15-14-16(3,4)5/h1,6-8,15H2,2-5H3. The summed E-state index contributed by atoms with van der Waals surface area (Å²) in [5.41, 5.74) is 0.413. The molecule has 0 atom stereocenters. The van der Waals surface area contributed by atoms with E-state index < -0.39 is 18.1 Å². The molecule has 0 aromatic carbocycles. The normalized spacial score (nSPS) is 12.0. The van der Waals surface area contributed by atoms with Gasteiger partial charge >= 0.3 is 5.97 Å². The molecular weight excluding hydrogens is 240 g/mol. The van der Waals surface area contributed by atoms with Crippen molar-refractivity contribution in [1.29, 1.82) is 0 Å². The number of hydrogen-bond donors (Lipinski definition) is 0. The highest BCUT2D eigenvalue weighted by Gasteiger charge is 2.12. The summed E-state index contributed by atoms with van der Waals surface area (Å²) < 4.78 is 15.9. The Hall–Kier alpha value is -0.436. The monoisotopic (exact) mass is 262 g/mol. The molecule has 0 fully saturated rings. The molecule has 16 heavy (non-hydrogen) atoms. The quantitative estimate of drug-likeness (QED) is 0.283. The van der Waals surface area contributed by atoms with Crippen molar-refractivity contribution in [2.45, 2.75) is 26.6 Å². The first kappa shape index (κ1) is 15.6. The molecule has 94 valence electrons. The van der Waals surface area contributed by atoms with Crippen molar-refractivity contribution in [3.05, 3.63) is 12.2 Å². The zero-order valence-electron chi connectivity index (χ0n) is 10.7. The predicted molar refractivity (Wildman–Crippen MR) is 69.6 cm³/mol. The van der Waals surface area contributed by atoms with Crippen LogP contribution < -0.4 is 0 Å². The molecule has 0 aromatic rings. The van der Waals surface area contributed by atoms with E-state index in [9.17, 15) is 4.79 Å². The Bertz CT molecular complexity index is 235. The van der Waals surface area contributed by atoms with Crippen LogP contribution in [0.15, 0.2) is 12.2 Å². The molecule has 0 rings (SSSR count). The lowest BCUT2D eigenvalue weighted by molar-refractivity contribution is -0.140. The molecule has 6 heteroatoms. The van der Waals surface area contributed by atoms with Crippen molar-refractivity contribution < 1.29 is 18.4 Å². The van der Waals surface area contributed by atoms with Gasteiger partial charge in [0.15, 0.2) is 18.1 Å². The van der Waals surface area contributed by atoms with E-state index in [4.69, 9.17) is 13.6 Å². The van der Waals surface area contributed by atoms with Gasteiger partial charge in [0.25, 0.3) is 0 Å². The lowest BCUT2D eigenvalue weighted by atomic mass is 10.4. The molecule has 0 bridgehead atoms. The lowest BCUT2D eigenvalue weighted by Gasteiger charge is -2.17. The highest BCUT2D eigenvalue weighted by Crippen LogP contribution is 2.00. The maximum Gasteiger partial charge on any atom is 0.333 e. The van der Waals surface area contributed by atoms with Crippen LogP contribution in [0, 0.1) is 0 Å². The third kappa shape index (κ3) is 10.1. The number of esters is 1. The van der Waals surface area contributed by atoms with E-state index in [0.717, 1.165) is 0 Å². The molecule has 4 nitrogen and oxygen atoms in total. The molecule has 0 saturated carbocycles. The minimum Gasteiger partial charge on any atom is -0.460 e. The van der Waals surface area contributed by atoms with Crippen LogP contribution in [0.3, 0.4) is 0 Å². The summed E-state index contributed by atoms with van der Waals surface area (Å²) in [7, 11) is -1.95. The van der Waals surface area contributed by atoms with Crippen LogP contribution in [0.2, 0.25) is 19.6 Å². The molecule has 0 saturated heterocycles. The third-order valence-corrected chi connectivity index (χ3v) is 6.31. The topological polar surface area (TPSA) is 44.8 Å². The van der Waals surface area contributed by atoms with Crippen LogP contribution in [0.5, 0.6) is 0 Å². The molecule has 0 heterocycles. The van der Waals surface area contributed by atoms with Crippen molar-refractivity contribution in [1.82, 2.24) is 0 Å². The fraction of sp³-hybridized carbons (Fsp3) is 0.700. The van der Waals surface area contributed by atoms with Crippen molar-refractivity contribution in [2.75, 3.05) is 19.4 Å². The van der Waals surface area contributed by atoms with E-state index in [1.807, 2.05) is 0 Å². The highest BCUT2D eigenvalue weighted by molar-refractivity contribution is 6.73. The predicted octanol–water partition coefficient (Wildman–Crippen LogP) is 1.02. The molecule has 0 radical (unpaired) electrons. The third-order valence-electron chi connectivity index (χ3n) is 1.57. The van der Waals surface area contributed by atoms with Gasteiger partial charge in [-0.05, 0) is 26.6 Å². The Morgan fingerprint density at radius 1 is 1.31 bits per heavy atom. The Morgan fingerprint density at radius 3 is 2.44 bits per heavy atom. The van der Waals surface area contributed by atoms with E-state index in [1.165, 1.54) is 0 Å². The fourth-order valence-corrected chi connectivity index (χ4v) is 3.93. The average molecular weight is 262 g/mol. The summed E-state index contributed by atoms with van der Waals surface area (Å²) in [6.45, 7) is 12.3. The smallest absolute Gasteiger partial charge is 0.333 e. The first-order chi connectivity index (χ1) is 7.33. The van der Waals surface area contributed by atoms with E-state index in [0.29, 0.717) is 18.4 Å². The van der Waals surface area contributed by atoms with Gasteiger partial charge in [-0.1, -0.05) is 6.58 Å². The van der Waals surface area contributed by atoms with Gasteiger partial charge in [-0.2, -0.15) is 0 Å². The molecule has 0 aliphatic carbocycles. The summed E-state index contributed by atoms with van der Waals surface area (Å²) in [6.07, 6.45) is 0.675. The number of hydrogen-bond acceptors (Lipinski definition) is 4. The molecular formula is C10H22O4Si2. The summed E-state index contributed by atoms with van der Waals surface area (Å²) in [5.74, 6) is -0.362. The van der Waals surface area contributed by atoms with E-state index >= 15 is 0 Å². The van der Waals surface area contributed by atoms with Gasteiger partial charge in [0, 0.05) is 5.57 Å². The Balaban J connectivity index is 3.29. The zero-order valence-corrected chi connectivity index (χ0v) is 13.1. The van der Waals surface area contributed by atoms with Crippen molar-refractivity contribution >= 4 is 24.0 Å². The average Bonchev–Trinajstić information content (AvgIpc) is 2.14. The molecule has 0 N–H and O–H groups in total. The van der Waals surface area contributed by atoms with Crippen LogP contribution in [0.4, 0.5) is 0 Å². The molecule has 0 aliphatic rings. The SMILES string of the molecule is C=C(C)C(=O)OCCOC[SiH2]O[Si](C)(C)C. The minimum absolute atomic E-state index is 0.285. The van der Waals surface area contributed by atoms with E-state index in [1.54, 1.807) is 6.92 Å². The molecule has 0 amide bonds. The van der Waals surface area contributed by atoms with Gasteiger partial charge in [0.05, 0.1) is 12.8 Å². The second-order valence-corrected chi connectivity index (χ2v) is 10.7. The summed E-state index contributed by atoms with van der Waals surface area (Å²) in [6, 6.07) is 0. The zero-order chi connectivity index (χ0) is 12.6. The van der Waals surface area contributed by atoms with Crippen molar-refractivity contribution in [3.8, 4) is 0 Å². The van der Waals surface area contributed by atoms with Gasteiger partial charge in [0.1, 0.15) is 6.61 Å². The molecule has 0 unspecified atom stereocenters. The molecule has 0 aromatic heterocycles. The molecule has 0 aliphatic heterocycles. The number of rotatable bonds is 8. The number of carbonyl (C=O) groups excluding carboxylic acids is 1. The lowest BCUT2D eigenvalue weighted by Crippen LogP contribution is -2.29. The van der Waals surface area contributed by atoms with Crippen molar-refractivity contribution in [2.24, 2.45) is 0 Å². The minimum atomic E-state index is -1.37. The highest BCUT2D eigenvalue weighted by atomic mass is 28.4. The second-order valence-electron chi connectivity index (χ2n) is 4.49. The maximum absolute atomic E-state index is 11.0. The maximum atomic E-state index is 11.0. The fourth-order valence-electron chi connectivity index (χ4n) is 0.825. The largest absolute Gasteiger partial charge is 0.460 e. The van der Waals surface area contributed by atoms with Gasteiger partial charge in [-0.25, -0.2) is 4.79 Å². The second kappa shape index (κ2) is 7.78. The van der Waals surface area contributed by atoms with Crippen LogP contribution in [-0.2, 0) is 18.4 Å². The molecule has 0 spiro atoms. The first-order valence-corrected chi connectivity index (χ1v) is 10.4. The van der Waals surface area contributed by atoms with Gasteiger partial charge in [0.2, 0.25) is 0 Å². The van der Waals surface area contributed by atoms with Gasteiger partial charge in [-0.3, -0.25) is 0 Å².